The topological polar surface area (TPSA) is 6.48 Å². The van der Waals surface area contributed by atoms with Crippen LogP contribution in [-0.4, -0.2) is 13.4 Å². The van der Waals surface area contributed by atoms with E-state index in [1.807, 2.05) is 107 Å². The van der Waals surface area contributed by atoms with Crippen molar-refractivity contribution in [3.8, 4) is 44.5 Å². The van der Waals surface area contributed by atoms with Gasteiger partial charge in [0.05, 0.1) is 11.1 Å². The van der Waals surface area contributed by atoms with Gasteiger partial charge in [-0.1, -0.05) is 131 Å². The Labute approximate surface area is 471 Å². The molecule has 0 unspecified atom stereocenters. The highest BCUT2D eigenvalue weighted by Gasteiger charge is 2.48. The van der Waals surface area contributed by atoms with Crippen molar-refractivity contribution in [1.29, 1.82) is 0 Å². The molecule has 0 atom stereocenters. The monoisotopic (exact) mass is 1080 g/mol. The van der Waals surface area contributed by atoms with Gasteiger partial charge in [-0.15, -0.1) is 0 Å². The Balaban J connectivity index is 1.16. The minimum atomic E-state index is -4.70. The zero-order valence-corrected chi connectivity index (χ0v) is 45.6. The number of aryl methyl sites for hydroxylation is 6. The van der Waals surface area contributed by atoms with E-state index in [1.165, 1.54) is 24.3 Å². The van der Waals surface area contributed by atoms with Crippen molar-refractivity contribution < 1.29 is 26.3 Å². The third kappa shape index (κ3) is 6.63. The van der Waals surface area contributed by atoms with Crippen molar-refractivity contribution in [1.82, 2.24) is 0 Å². The number of rotatable bonds is 4. The van der Waals surface area contributed by atoms with Crippen LogP contribution in [0.25, 0.3) is 76.8 Å². The second-order valence-electron chi connectivity index (χ2n) is 23.3. The van der Waals surface area contributed by atoms with Gasteiger partial charge in [-0.05, 0) is 235 Å². The first kappa shape index (κ1) is 48.9. The summed E-state index contributed by atoms with van der Waals surface area (Å²) in [5.41, 5.74) is 20.3. The van der Waals surface area contributed by atoms with Gasteiger partial charge < -0.3 is 9.80 Å². The van der Waals surface area contributed by atoms with Crippen LogP contribution < -0.4 is 42.6 Å². The molecule has 0 saturated carbocycles. The summed E-state index contributed by atoms with van der Waals surface area (Å²) in [7, 11) is 0. The third-order valence-electron chi connectivity index (χ3n) is 18.3. The molecule has 12 aromatic carbocycles. The van der Waals surface area contributed by atoms with Crippen molar-refractivity contribution >= 4 is 113 Å². The number of alkyl halides is 6. The molecule has 12 aromatic rings. The number of fused-ring (bicyclic) bond motifs is 8. The van der Waals surface area contributed by atoms with Gasteiger partial charge in [0.1, 0.15) is 0 Å². The molecule has 0 amide bonds. The van der Waals surface area contributed by atoms with Crippen molar-refractivity contribution in [3.63, 3.8) is 0 Å². The summed E-state index contributed by atoms with van der Waals surface area (Å²) in [6, 6.07) is 58.5. The Hall–Kier alpha value is -9.01. The lowest BCUT2D eigenvalue weighted by Gasteiger charge is -2.42. The van der Waals surface area contributed by atoms with Crippen LogP contribution in [0.2, 0.25) is 0 Å². The highest BCUT2D eigenvalue weighted by atomic mass is 19.4. The maximum absolute atomic E-state index is 15.9. The molecule has 2 nitrogen and oxygen atoms in total. The molecule has 82 heavy (non-hydrogen) atoms. The van der Waals surface area contributed by atoms with Crippen LogP contribution in [0, 0.1) is 41.5 Å². The molecule has 0 aromatic heterocycles. The number of halogens is 6. The van der Waals surface area contributed by atoms with Crippen LogP contribution >= 0.6 is 0 Å². The lowest BCUT2D eigenvalue weighted by atomic mass is 9.31. The summed E-state index contributed by atoms with van der Waals surface area (Å²) in [5, 5.41) is 5.36. The molecule has 0 spiro atoms. The largest absolute Gasteiger partial charge is 0.416 e. The minimum absolute atomic E-state index is 0.463. The molecular formula is C72H48B2F6N2. The van der Waals surface area contributed by atoms with Crippen molar-refractivity contribution in [2.45, 2.75) is 53.9 Å². The van der Waals surface area contributed by atoms with E-state index in [-0.39, 0.29) is 0 Å². The summed E-state index contributed by atoms with van der Waals surface area (Å²) in [5.74, 6) is 0. The molecule has 0 radical (unpaired) electrons. The van der Waals surface area contributed by atoms with Crippen LogP contribution in [-0.2, 0) is 12.4 Å². The van der Waals surface area contributed by atoms with Gasteiger partial charge >= 0.3 is 12.4 Å². The summed E-state index contributed by atoms with van der Waals surface area (Å²) >= 11 is 0. The average molecular weight is 1080 g/mol. The second-order valence-corrected chi connectivity index (χ2v) is 23.3. The Morgan fingerprint density at radius 1 is 0.317 bits per heavy atom. The summed E-state index contributed by atoms with van der Waals surface area (Å²) in [4.78, 5) is 3.99. The molecule has 4 heterocycles. The zero-order valence-electron chi connectivity index (χ0n) is 45.6. The van der Waals surface area contributed by atoms with E-state index < -0.39 is 36.9 Å². The molecule has 4 aliphatic rings. The van der Waals surface area contributed by atoms with Crippen LogP contribution in [0.15, 0.2) is 182 Å². The number of nitrogens with zero attached hydrogens (tertiary/aromatic N) is 2. The molecule has 10 heteroatoms. The standard InChI is InChI=1S/C72H48B2F6N2/c1-37-25-39(3)63(40(4)26-37)47-33-49-53-29-43(71(75,76)77)31-61-69(53)74(56-22-14-16-24-60(56)81(61)45-17-9-7-10-18-45)58-36-52-48(64-41(5)27-38(2)28-42(64)6)34-50-54-30-44(72(78,79)80)32-62-70(54)73(57-35-51(47)67(65(49)58)68(52)66(50)57)55-21-13-15-23-59(55)82(62)46-19-11-8-12-20-46/h7-36H,1-6H3. The summed E-state index contributed by atoms with van der Waals surface area (Å²) in [6.45, 7) is 11.6. The molecule has 0 saturated heterocycles. The molecule has 0 N–H and O–H groups in total. The molecule has 0 aliphatic carbocycles. The van der Waals surface area contributed by atoms with Crippen LogP contribution in [0.1, 0.15) is 44.5 Å². The maximum Gasteiger partial charge on any atom is 0.416 e. The normalized spacial score (nSPS) is 13.8. The predicted molar refractivity (Wildman–Crippen MR) is 329 cm³/mol. The van der Waals surface area contributed by atoms with E-state index in [1.54, 1.807) is 0 Å². The van der Waals surface area contributed by atoms with Crippen molar-refractivity contribution in [2.75, 3.05) is 9.80 Å². The fourth-order valence-corrected chi connectivity index (χ4v) is 15.6. The lowest BCUT2D eigenvalue weighted by Crippen LogP contribution is -2.60. The van der Waals surface area contributed by atoms with Gasteiger partial charge in [0.25, 0.3) is 0 Å². The lowest BCUT2D eigenvalue weighted by molar-refractivity contribution is -0.138. The first-order chi connectivity index (χ1) is 39.4. The Morgan fingerprint density at radius 2 is 0.671 bits per heavy atom. The molecular weight excluding hydrogens is 1030 g/mol. The van der Waals surface area contributed by atoms with E-state index in [2.05, 4.69) is 102 Å². The summed E-state index contributed by atoms with van der Waals surface area (Å²) < 4.78 is 95.4. The van der Waals surface area contributed by atoms with Crippen LogP contribution in [0.3, 0.4) is 0 Å². The number of hydrogen-bond acceptors (Lipinski definition) is 2. The van der Waals surface area contributed by atoms with Gasteiger partial charge in [0.15, 0.2) is 0 Å². The van der Waals surface area contributed by atoms with Gasteiger partial charge in [-0.3, -0.25) is 0 Å². The molecule has 394 valence electrons. The molecule has 0 bridgehead atoms. The summed E-state index contributed by atoms with van der Waals surface area (Å²) in [6.07, 6.45) is -9.41. The number of benzene rings is 12. The fraction of sp³-hybridized carbons (Fsp3) is 0.111. The molecule has 0 fully saturated rings. The second kappa shape index (κ2) is 16.8. The SMILES string of the molecule is Cc1cc(C)c(-c2cc3c4c(cc5c(-c6c(C)cc(C)cc6C)cc6c7c(cc2c4c57)B2c4ccccc4N(c4ccccc4)c4cc(C(F)(F)F)cc-6c42)B2c4ccccc4N(c4ccccc4)c4cc(C(F)(F)F)cc-3c42)c(C)c1. The average Bonchev–Trinajstić information content (AvgIpc) is 0.813. The van der Waals surface area contributed by atoms with Gasteiger partial charge in [-0.2, -0.15) is 26.3 Å². The Kier molecular flexibility index (Phi) is 10.0. The fourth-order valence-electron chi connectivity index (χ4n) is 15.6. The van der Waals surface area contributed by atoms with E-state index in [4.69, 9.17) is 0 Å². The number of para-hydroxylation sites is 4. The van der Waals surface area contributed by atoms with E-state index in [0.29, 0.717) is 33.6 Å². The van der Waals surface area contributed by atoms with Crippen molar-refractivity contribution in [2.24, 2.45) is 0 Å². The number of anilines is 6. The first-order valence-corrected chi connectivity index (χ1v) is 27.9. The number of hydrogen-bond donors (Lipinski definition) is 0. The predicted octanol–water partition coefficient (Wildman–Crippen LogP) is 16.4. The molecule has 4 aliphatic heterocycles. The van der Waals surface area contributed by atoms with Crippen LogP contribution in [0.4, 0.5) is 60.5 Å². The highest BCUT2D eigenvalue weighted by molar-refractivity contribution is 7.02. The Morgan fingerprint density at radius 3 is 1.04 bits per heavy atom. The van der Waals surface area contributed by atoms with Crippen molar-refractivity contribution in [3.05, 3.63) is 226 Å². The van der Waals surface area contributed by atoms with E-state index in [9.17, 15) is 0 Å². The van der Waals surface area contributed by atoms with Gasteiger partial charge in [0, 0.05) is 34.1 Å². The molecule has 16 rings (SSSR count). The third-order valence-corrected chi connectivity index (χ3v) is 18.3. The maximum atomic E-state index is 15.9. The highest BCUT2D eigenvalue weighted by Crippen LogP contribution is 2.54. The van der Waals surface area contributed by atoms with Gasteiger partial charge in [-0.25, -0.2) is 0 Å². The van der Waals surface area contributed by atoms with Crippen LogP contribution in [0.5, 0.6) is 0 Å². The minimum Gasteiger partial charge on any atom is -0.311 e. The quantitative estimate of drug-likeness (QED) is 0.0984. The smallest absolute Gasteiger partial charge is 0.311 e. The first-order valence-electron chi connectivity index (χ1n) is 27.9. The van der Waals surface area contributed by atoms with E-state index >= 15 is 26.3 Å². The van der Waals surface area contributed by atoms with Gasteiger partial charge in [0.2, 0.25) is 13.4 Å². The van der Waals surface area contributed by atoms with E-state index in [0.717, 1.165) is 143 Å². The zero-order chi connectivity index (χ0) is 56.2. The Bertz CT molecular complexity index is 4460.